The van der Waals surface area contributed by atoms with Gasteiger partial charge in [-0.05, 0) is 111 Å². The van der Waals surface area contributed by atoms with Crippen molar-refractivity contribution in [1.29, 1.82) is 0 Å². The van der Waals surface area contributed by atoms with Crippen LogP contribution in [0.15, 0.2) is 77.6 Å². The first kappa shape index (κ1) is 29.9. The van der Waals surface area contributed by atoms with Crippen molar-refractivity contribution in [3.8, 4) is 0 Å². The molecule has 0 bridgehead atoms. The van der Waals surface area contributed by atoms with Crippen LogP contribution in [0.1, 0.15) is 74.8 Å². The fraction of sp³-hybridized carbons (Fsp3) is 0.140. The fourth-order valence-electron chi connectivity index (χ4n) is 8.80. The zero-order valence-corrected chi connectivity index (χ0v) is 28.4. The molecule has 0 radical (unpaired) electrons. The Morgan fingerprint density at radius 1 is 0.360 bits per heavy atom. The lowest BCUT2D eigenvalue weighted by atomic mass is 9.87. The van der Waals surface area contributed by atoms with Gasteiger partial charge in [0.05, 0.1) is 11.4 Å². The second kappa shape index (κ2) is 9.92. The van der Waals surface area contributed by atoms with E-state index in [1.54, 1.807) is 36.4 Å². The molecular formula is C43H30N2O5. The van der Waals surface area contributed by atoms with Gasteiger partial charge < -0.3 is 0 Å². The third-order valence-corrected chi connectivity index (χ3v) is 10.6. The monoisotopic (exact) mass is 654 g/mol. The summed E-state index contributed by atoms with van der Waals surface area (Å²) in [6.45, 7) is 11.5. The summed E-state index contributed by atoms with van der Waals surface area (Å²) < 4.78 is 0. The minimum absolute atomic E-state index is 0.308. The summed E-state index contributed by atoms with van der Waals surface area (Å²) in [5.74, 6) is -1.81. The van der Waals surface area contributed by atoms with E-state index in [1.165, 1.54) is 9.80 Å². The quantitative estimate of drug-likeness (QED) is 0.174. The standard InChI is InChI=1S/C43H30N2O5/c1-19-15-21(3)37(22(4)16-19)44-40(47)29-11-7-25-26-8-12-30-36-32(43(50)45(41(30)48)38-23(5)17-20(2)18-24(38)6)14-10-28(34(26)36)39(46)27-9-13-31(42(44)49)35(29)33(25)27/h7-18H,1-6H3. The van der Waals surface area contributed by atoms with E-state index in [1.807, 2.05) is 77.9 Å². The third-order valence-electron chi connectivity index (χ3n) is 10.6. The highest BCUT2D eigenvalue weighted by Gasteiger charge is 2.39. The highest BCUT2D eigenvalue weighted by molar-refractivity contribution is 6.42. The number of nitrogens with zero attached hydrogens (tertiary/aromatic N) is 2. The van der Waals surface area contributed by atoms with Crippen molar-refractivity contribution >= 4 is 78.1 Å². The largest absolute Gasteiger partial charge is 0.289 e. The Labute approximate surface area is 286 Å². The summed E-state index contributed by atoms with van der Waals surface area (Å²) in [5.41, 5.74) is 7.46. The van der Waals surface area contributed by atoms with Crippen molar-refractivity contribution in [3.63, 3.8) is 0 Å². The SMILES string of the molecule is Cc1cc(C)c(N2C(=O)c3ccc4c(=O)c5ccc6c7c(ccc(c8ccc(c3c48)C2=O)c75)C(=O)N(c2c(C)cc(C)cc2C)C6=O)c(C)c1. The molecular weight excluding hydrogens is 624 g/mol. The van der Waals surface area contributed by atoms with E-state index in [4.69, 9.17) is 0 Å². The van der Waals surface area contributed by atoms with Crippen LogP contribution in [-0.2, 0) is 0 Å². The van der Waals surface area contributed by atoms with Crippen LogP contribution >= 0.6 is 0 Å². The van der Waals surface area contributed by atoms with Gasteiger partial charge in [-0.2, -0.15) is 0 Å². The molecule has 2 aliphatic heterocycles. The topological polar surface area (TPSA) is 91.8 Å². The van der Waals surface area contributed by atoms with Crippen molar-refractivity contribution in [3.05, 3.63) is 139 Å². The van der Waals surface area contributed by atoms with Crippen LogP contribution in [0.25, 0.3) is 43.1 Å². The molecule has 0 saturated carbocycles. The first-order chi connectivity index (χ1) is 23.9. The summed E-state index contributed by atoms with van der Waals surface area (Å²) >= 11 is 0. The van der Waals surface area contributed by atoms with E-state index in [-0.39, 0.29) is 5.43 Å². The lowest BCUT2D eigenvalue weighted by molar-refractivity contribution is 0.0877. The number of aryl methyl sites for hydroxylation is 6. The van der Waals surface area contributed by atoms with Gasteiger partial charge in [0.15, 0.2) is 5.43 Å². The molecule has 7 nitrogen and oxygen atoms in total. The van der Waals surface area contributed by atoms with Crippen molar-refractivity contribution < 1.29 is 19.2 Å². The molecule has 2 aliphatic rings. The molecule has 7 heteroatoms. The molecule has 0 fully saturated rings. The zero-order chi connectivity index (χ0) is 35.1. The van der Waals surface area contributed by atoms with E-state index in [0.29, 0.717) is 76.7 Å². The summed E-state index contributed by atoms with van der Waals surface area (Å²) in [6.07, 6.45) is 0. The van der Waals surface area contributed by atoms with Crippen LogP contribution in [0.3, 0.4) is 0 Å². The Balaban J connectivity index is 1.34. The Morgan fingerprint density at radius 2 is 0.640 bits per heavy atom. The number of carbonyl (C=O) groups is 4. The first-order valence-electron chi connectivity index (χ1n) is 16.6. The van der Waals surface area contributed by atoms with Gasteiger partial charge in [0.25, 0.3) is 23.6 Å². The van der Waals surface area contributed by atoms with E-state index in [0.717, 1.165) is 33.4 Å². The second-order valence-corrected chi connectivity index (χ2v) is 13.9. The molecule has 9 rings (SSSR count). The number of rotatable bonds is 2. The number of carbonyl (C=O) groups excluding carboxylic acids is 4. The maximum atomic E-state index is 14.5. The Morgan fingerprint density at radius 3 is 0.940 bits per heavy atom. The Hall–Kier alpha value is -6.21. The van der Waals surface area contributed by atoms with Gasteiger partial charge in [-0.25, -0.2) is 9.80 Å². The minimum atomic E-state index is -0.453. The van der Waals surface area contributed by atoms with Crippen molar-refractivity contribution in [2.75, 3.05) is 9.80 Å². The molecule has 0 atom stereocenters. The molecule has 0 unspecified atom stereocenters. The molecule has 0 aromatic heterocycles. The van der Waals surface area contributed by atoms with Gasteiger partial charge in [0.2, 0.25) is 0 Å². The third kappa shape index (κ3) is 3.66. The average molecular weight is 655 g/mol. The molecule has 7 aromatic rings. The lowest BCUT2D eigenvalue weighted by Gasteiger charge is -2.30. The molecule has 0 N–H and O–H groups in total. The lowest BCUT2D eigenvalue weighted by Crippen LogP contribution is -2.41. The predicted octanol–water partition coefficient (Wildman–Crippen LogP) is 8.55. The van der Waals surface area contributed by atoms with Gasteiger partial charge >= 0.3 is 0 Å². The van der Waals surface area contributed by atoms with Crippen LogP contribution in [0.4, 0.5) is 11.4 Å². The van der Waals surface area contributed by atoms with Crippen LogP contribution in [0.2, 0.25) is 0 Å². The molecule has 2 heterocycles. The van der Waals surface area contributed by atoms with E-state index < -0.39 is 23.6 Å². The number of anilines is 2. The summed E-state index contributed by atoms with van der Waals surface area (Å²) in [6, 6.07) is 21.5. The minimum Gasteiger partial charge on any atom is -0.289 e. The number of hydrogen-bond donors (Lipinski definition) is 0. The predicted molar refractivity (Wildman–Crippen MR) is 198 cm³/mol. The van der Waals surface area contributed by atoms with Crippen LogP contribution in [0.5, 0.6) is 0 Å². The molecule has 242 valence electrons. The second-order valence-electron chi connectivity index (χ2n) is 13.9. The smallest absolute Gasteiger partial charge is 0.266 e. The van der Waals surface area contributed by atoms with Crippen molar-refractivity contribution in [2.24, 2.45) is 0 Å². The van der Waals surface area contributed by atoms with Crippen molar-refractivity contribution in [2.45, 2.75) is 41.5 Å². The fourth-order valence-corrected chi connectivity index (χ4v) is 8.80. The molecule has 4 amide bonds. The van der Waals surface area contributed by atoms with Gasteiger partial charge in [0.1, 0.15) is 0 Å². The Kier molecular flexibility index (Phi) is 5.93. The number of imide groups is 2. The molecule has 50 heavy (non-hydrogen) atoms. The normalized spacial score (nSPS) is 14.4. The van der Waals surface area contributed by atoms with E-state index >= 15 is 0 Å². The number of fused-ring (bicyclic) bond motifs is 1. The number of amides is 4. The molecule has 0 spiro atoms. The zero-order valence-electron chi connectivity index (χ0n) is 28.4. The van der Waals surface area contributed by atoms with Crippen LogP contribution in [0, 0.1) is 41.5 Å². The van der Waals surface area contributed by atoms with Crippen LogP contribution < -0.4 is 15.2 Å². The highest BCUT2D eigenvalue weighted by atomic mass is 16.2. The van der Waals surface area contributed by atoms with Crippen LogP contribution in [-0.4, -0.2) is 23.6 Å². The van der Waals surface area contributed by atoms with E-state index in [2.05, 4.69) is 0 Å². The van der Waals surface area contributed by atoms with Gasteiger partial charge in [-0.15, -0.1) is 0 Å². The molecule has 0 saturated heterocycles. The van der Waals surface area contributed by atoms with E-state index in [9.17, 15) is 24.0 Å². The Bertz CT molecular complexity index is 2600. The summed E-state index contributed by atoms with van der Waals surface area (Å²) in [5, 5.41) is 3.90. The maximum absolute atomic E-state index is 14.5. The highest BCUT2D eigenvalue weighted by Crippen LogP contribution is 2.44. The van der Waals surface area contributed by atoms with Gasteiger partial charge in [0, 0.05) is 54.6 Å². The summed E-state index contributed by atoms with van der Waals surface area (Å²) in [7, 11) is 0. The van der Waals surface area contributed by atoms with Crippen molar-refractivity contribution in [1.82, 2.24) is 0 Å². The molecule has 0 aliphatic carbocycles. The number of benzene rings is 6. The average Bonchev–Trinajstić information content (AvgIpc) is 3.17. The molecule has 7 aromatic carbocycles. The number of hydrogen-bond acceptors (Lipinski definition) is 5. The van der Waals surface area contributed by atoms with Gasteiger partial charge in [-0.1, -0.05) is 47.5 Å². The van der Waals surface area contributed by atoms with Gasteiger partial charge in [-0.3, -0.25) is 24.0 Å². The first-order valence-corrected chi connectivity index (χ1v) is 16.6. The maximum Gasteiger partial charge on any atom is 0.266 e. The summed E-state index contributed by atoms with van der Waals surface area (Å²) in [4.78, 5) is 74.1.